The summed E-state index contributed by atoms with van der Waals surface area (Å²) in [6.45, 7) is -2.88. The number of alkyl halides is 2. The Bertz CT molecular complexity index is 1550. The van der Waals surface area contributed by atoms with E-state index in [0.29, 0.717) is 33.7 Å². The molecule has 0 aliphatic carbocycles. The highest BCUT2D eigenvalue weighted by molar-refractivity contribution is 7.92. The van der Waals surface area contributed by atoms with Gasteiger partial charge in [-0.2, -0.15) is 14.0 Å². The first-order chi connectivity index (χ1) is 17.2. The van der Waals surface area contributed by atoms with E-state index in [2.05, 4.69) is 20.8 Å². The van der Waals surface area contributed by atoms with Crippen molar-refractivity contribution in [3.63, 3.8) is 0 Å². The summed E-state index contributed by atoms with van der Waals surface area (Å²) in [4.78, 5) is 8.67. The highest BCUT2D eigenvalue weighted by Gasteiger charge is 2.17. The number of hydrogen-bond acceptors (Lipinski definition) is 7. The maximum atomic E-state index is 12.9. The van der Waals surface area contributed by atoms with Crippen LogP contribution in [0.25, 0.3) is 11.0 Å². The minimum atomic E-state index is -3.51. The van der Waals surface area contributed by atoms with Crippen LogP contribution in [-0.4, -0.2) is 42.9 Å². The molecule has 0 saturated heterocycles. The van der Waals surface area contributed by atoms with Crippen LogP contribution in [-0.2, 0) is 23.2 Å². The van der Waals surface area contributed by atoms with E-state index in [1.807, 2.05) is 0 Å². The van der Waals surface area contributed by atoms with Crippen LogP contribution in [0, 0.1) is 11.3 Å². The van der Waals surface area contributed by atoms with Gasteiger partial charge in [-0.25, -0.2) is 18.4 Å². The van der Waals surface area contributed by atoms with E-state index >= 15 is 0 Å². The smallest absolute Gasteiger partial charge is 0.387 e. The number of nitrogens with zero attached hydrogens (tertiary/aromatic N) is 5. The summed E-state index contributed by atoms with van der Waals surface area (Å²) in [5.74, 6) is 1.02. The molecule has 9 nitrogen and oxygen atoms in total. The van der Waals surface area contributed by atoms with Crippen molar-refractivity contribution in [2.75, 3.05) is 17.6 Å². The second-order valence-electron chi connectivity index (χ2n) is 7.78. The normalized spacial score (nSPS) is 11.4. The molecular weight excluding hydrogens is 492 g/mol. The Hall–Kier alpha value is -4.24. The first-order valence-electron chi connectivity index (χ1n) is 10.6. The van der Waals surface area contributed by atoms with E-state index in [0.717, 1.165) is 10.6 Å². The summed E-state index contributed by atoms with van der Waals surface area (Å²) in [6.07, 6.45) is 2.49. The molecule has 4 rings (SSSR count). The number of benzene rings is 2. The van der Waals surface area contributed by atoms with Gasteiger partial charge >= 0.3 is 6.61 Å². The molecule has 0 aliphatic rings. The maximum absolute atomic E-state index is 12.9. The lowest BCUT2D eigenvalue weighted by molar-refractivity contribution is -0.0504. The van der Waals surface area contributed by atoms with Gasteiger partial charge in [0.1, 0.15) is 29.7 Å². The summed E-state index contributed by atoms with van der Waals surface area (Å²) >= 11 is 0. The predicted octanol–water partition coefficient (Wildman–Crippen LogP) is 3.93. The lowest BCUT2D eigenvalue weighted by Gasteiger charge is -2.16. The lowest BCUT2D eigenvalue weighted by Crippen LogP contribution is -2.25. The number of para-hydroxylation sites is 1. The zero-order chi connectivity index (χ0) is 25.9. The molecule has 0 unspecified atom stereocenters. The number of pyridine rings is 1. The van der Waals surface area contributed by atoms with Gasteiger partial charge in [0.2, 0.25) is 10.0 Å². The van der Waals surface area contributed by atoms with Gasteiger partial charge in [-0.05, 0) is 30.3 Å². The molecule has 36 heavy (non-hydrogen) atoms. The summed E-state index contributed by atoms with van der Waals surface area (Å²) in [5, 5.41) is 9.35. The standard InChI is InChI=1S/C24H21F2N5O4S/c1-30(36(2,32)33)22-12-18(9-10-28-22)34-15-23-29-19-8-7-16(13-27)11-20(19)31(23)14-17-5-3-4-6-21(17)35-24(25)26/h3-12,24H,14-15H2,1-2H3. The quantitative estimate of drug-likeness (QED) is 0.334. The molecule has 0 amide bonds. The van der Waals surface area contributed by atoms with Gasteiger partial charge in [-0.1, -0.05) is 18.2 Å². The zero-order valence-electron chi connectivity index (χ0n) is 19.3. The Morgan fingerprint density at radius 1 is 1.17 bits per heavy atom. The number of anilines is 1. The summed E-state index contributed by atoms with van der Waals surface area (Å²) in [5.41, 5.74) is 2.11. The number of imidazole rings is 1. The molecule has 0 atom stereocenters. The van der Waals surface area contributed by atoms with Crippen molar-refractivity contribution in [3.05, 3.63) is 77.7 Å². The van der Waals surface area contributed by atoms with Crippen LogP contribution >= 0.6 is 0 Å². The zero-order valence-corrected chi connectivity index (χ0v) is 20.1. The fourth-order valence-electron chi connectivity index (χ4n) is 3.52. The molecule has 4 aromatic rings. The molecule has 2 aromatic heterocycles. The van der Waals surface area contributed by atoms with Gasteiger partial charge < -0.3 is 14.0 Å². The Morgan fingerprint density at radius 2 is 1.94 bits per heavy atom. The molecule has 0 fully saturated rings. The molecule has 0 saturated carbocycles. The van der Waals surface area contributed by atoms with Crippen LogP contribution in [0.15, 0.2) is 60.8 Å². The summed E-state index contributed by atoms with van der Waals surface area (Å²) in [6, 6.07) is 16.6. The molecule has 0 aliphatic heterocycles. The average Bonchev–Trinajstić information content (AvgIpc) is 3.19. The first kappa shape index (κ1) is 24.9. The van der Waals surface area contributed by atoms with E-state index < -0.39 is 16.6 Å². The Labute approximate surface area is 206 Å². The van der Waals surface area contributed by atoms with Crippen LogP contribution in [0.4, 0.5) is 14.6 Å². The molecule has 186 valence electrons. The summed E-state index contributed by atoms with van der Waals surface area (Å²) in [7, 11) is -2.13. The van der Waals surface area contributed by atoms with E-state index in [9.17, 15) is 22.5 Å². The third-order valence-corrected chi connectivity index (χ3v) is 6.56. The Kier molecular flexibility index (Phi) is 7.03. The number of ether oxygens (including phenoxy) is 2. The topological polar surface area (TPSA) is 110 Å². The number of nitriles is 1. The summed E-state index contributed by atoms with van der Waals surface area (Å²) < 4.78 is 62.9. The van der Waals surface area contributed by atoms with Crippen LogP contribution in [0.2, 0.25) is 0 Å². The predicted molar refractivity (Wildman–Crippen MR) is 128 cm³/mol. The van der Waals surface area contributed by atoms with Gasteiger partial charge in [0, 0.05) is 24.9 Å². The SMILES string of the molecule is CN(c1cc(OCc2nc3ccc(C#N)cc3n2Cc2ccccc2OC(F)F)ccn1)S(C)(=O)=O. The largest absolute Gasteiger partial charge is 0.485 e. The first-order valence-corrected chi connectivity index (χ1v) is 12.5. The number of fused-ring (bicyclic) bond motifs is 1. The molecule has 12 heteroatoms. The van der Waals surface area contributed by atoms with Crippen molar-refractivity contribution in [2.45, 2.75) is 19.8 Å². The third kappa shape index (κ3) is 5.52. The maximum Gasteiger partial charge on any atom is 0.387 e. The number of rotatable bonds is 9. The molecular formula is C24H21F2N5O4S. The second-order valence-corrected chi connectivity index (χ2v) is 9.80. The van der Waals surface area contributed by atoms with E-state index in [-0.39, 0.29) is 24.7 Å². The fourth-order valence-corrected chi connectivity index (χ4v) is 3.96. The van der Waals surface area contributed by atoms with Crippen molar-refractivity contribution < 1.29 is 26.7 Å². The fraction of sp³-hybridized carbons (Fsp3) is 0.208. The monoisotopic (exact) mass is 513 g/mol. The molecule has 0 spiro atoms. The molecule has 2 heterocycles. The van der Waals surface area contributed by atoms with Gasteiger partial charge in [-0.3, -0.25) is 4.31 Å². The van der Waals surface area contributed by atoms with Crippen LogP contribution in [0.1, 0.15) is 17.0 Å². The van der Waals surface area contributed by atoms with Crippen LogP contribution in [0.5, 0.6) is 11.5 Å². The minimum Gasteiger partial charge on any atom is -0.485 e. The Balaban J connectivity index is 1.69. The second kappa shape index (κ2) is 10.2. The Morgan fingerprint density at radius 3 is 2.67 bits per heavy atom. The van der Waals surface area contributed by atoms with Crippen molar-refractivity contribution in [3.8, 4) is 17.6 Å². The highest BCUT2D eigenvalue weighted by atomic mass is 32.2. The van der Waals surface area contributed by atoms with Crippen LogP contribution in [0.3, 0.4) is 0 Å². The van der Waals surface area contributed by atoms with Crippen molar-refractivity contribution >= 4 is 26.9 Å². The minimum absolute atomic E-state index is 0.0273. The lowest BCUT2D eigenvalue weighted by atomic mass is 10.2. The molecule has 0 bridgehead atoms. The molecule has 0 N–H and O–H groups in total. The third-order valence-electron chi connectivity index (χ3n) is 5.38. The number of sulfonamides is 1. The van der Waals surface area contributed by atoms with Gasteiger partial charge in [-0.15, -0.1) is 0 Å². The van der Waals surface area contributed by atoms with Gasteiger partial charge in [0.15, 0.2) is 0 Å². The van der Waals surface area contributed by atoms with Gasteiger partial charge in [0.25, 0.3) is 0 Å². The number of hydrogen-bond donors (Lipinski definition) is 0. The van der Waals surface area contributed by atoms with E-state index in [1.165, 1.54) is 25.4 Å². The van der Waals surface area contributed by atoms with E-state index in [4.69, 9.17) is 4.74 Å². The molecule has 2 aromatic carbocycles. The van der Waals surface area contributed by atoms with Crippen LogP contribution < -0.4 is 13.8 Å². The number of aromatic nitrogens is 3. The molecule has 0 radical (unpaired) electrons. The van der Waals surface area contributed by atoms with E-state index in [1.54, 1.807) is 47.0 Å². The highest BCUT2D eigenvalue weighted by Crippen LogP contribution is 2.26. The average molecular weight is 514 g/mol. The van der Waals surface area contributed by atoms with Crippen molar-refractivity contribution in [1.29, 1.82) is 5.26 Å². The number of halogens is 2. The van der Waals surface area contributed by atoms with Crippen molar-refractivity contribution in [1.82, 2.24) is 14.5 Å². The van der Waals surface area contributed by atoms with Crippen molar-refractivity contribution in [2.24, 2.45) is 0 Å². The van der Waals surface area contributed by atoms with Gasteiger partial charge in [0.05, 0.1) is 35.5 Å².